The van der Waals surface area contributed by atoms with Crippen LogP contribution >= 0.6 is 11.6 Å². The number of carbonyl (C=O) groups is 1. The number of nitrogens with one attached hydrogen (secondary N) is 1. The zero-order valence-corrected chi connectivity index (χ0v) is 12.7. The Morgan fingerprint density at radius 3 is 2.90 bits per heavy atom. The Balaban J connectivity index is 2.01. The lowest BCUT2D eigenvalue weighted by Crippen LogP contribution is -2.35. The van der Waals surface area contributed by atoms with Crippen LogP contribution in [0.15, 0.2) is 36.4 Å². The lowest BCUT2D eigenvalue weighted by atomic mass is 10.1. The molecule has 108 valence electrons. The maximum absolute atomic E-state index is 12.9. The number of fused-ring (bicyclic) bond motifs is 1. The fraction of sp³-hybridized carbons (Fsp3) is 0.250. The van der Waals surface area contributed by atoms with E-state index in [1.54, 1.807) is 19.2 Å². The molecule has 1 aliphatic rings. The van der Waals surface area contributed by atoms with Crippen LogP contribution in [0, 0.1) is 0 Å². The summed E-state index contributed by atoms with van der Waals surface area (Å²) in [5.41, 5.74) is 2.73. The van der Waals surface area contributed by atoms with Crippen molar-refractivity contribution in [3.63, 3.8) is 0 Å². The number of hydrogen-bond acceptors (Lipinski definition) is 3. The van der Waals surface area contributed by atoms with Crippen LogP contribution in [0.1, 0.15) is 22.8 Å². The van der Waals surface area contributed by atoms with Gasteiger partial charge in [-0.1, -0.05) is 29.8 Å². The molecule has 5 heteroatoms. The van der Waals surface area contributed by atoms with E-state index < -0.39 is 0 Å². The van der Waals surface area contributed by atoms with E-state index in [0.717, 1.165) is 12.1 Å². The van der Waals surface area contributed by atoms with Crippen LogP contribution in [0.3, 0.4) is 0 Å². The highest BCUT2D eigenvalue weighted by Gasteiger charge is 2.31. The number of carbonyl (C=O) groups excluding carboxylic acids is 1. The molecule has 0 aliphatic carbocycles. The Morgan fingerprint density at radius 2 is 2.14 bits per heavy atom. The molecule has 1 unspecified atom stereocenters. The van der Waals surface area contributed by atoms with Crippen molar-refractivity contribution >= 4 is 29.0 Å². The van der Waals surface area contributed by atoms with Crippen molar-refractivity contribution < 1.29 is 4.79 Å². The van der Waals surface area contributed by atoms with Gasteiger partial charge in [-0.2, -0.15) is 0 Å². The van der Waals surface area contributed by atoms with E-state index in [0.29, 0.717) is 16.5 Å². The molecule has 1 aliphatic heterocycles. The summed E-state index contributed by atoms with van der Waals surface area (Å²) in [4.78, 5) is 18.8. The number of aromatic nitrogens is 1. The zero-order chi connectivity index (χ0) is 15.0. The highest BCUT2D eigenvalue weighted by Crippen LogP contribution is 2.33. The number of rotatable bonds is 2. The van der Waals surface area contributed by atoms with E-state index in [9.17, 15) is 4.79 Å². The third-order valence-electron chi connectivity index (χ3n) is 3.72. The lowest BCUT2D eigenvalue weighted by Gasteiger charge is -2.23. The predicted molar refractivity (Wildman–Crippen MR) is 85.2 cm³/mol. The first-order chi connectivity index (χ1) is 10.1. The molecule has 0 bridgehead atoms. The Kier molecular flexibility index (Phi) is 3.55. The van der Waals surface area contributed by atoms with E-state index in [1.165, 1.54) is 5.56 Å². The topological polar surface area (TPSA) is 45.2 Å². The highest BCUT2D eigenvalue weighted by molar-refractivity contribution is 6.30. The molecular formula is C16H16ClN3O. The van der Waals surface area contributed by atoms with Gasteiger partial charge in [-0.05, 0) is 37.1 Å². The summed E-state index contributed by atoms with van der Waals surface area (Å²) in [6.07, 6.45) is 0.875. The third kappa shape index (κ3) is 2.47. The highest BCUT2D eigenvalue weighted by atomic mass is 35.5. The summed E-state index contributed by atoms with van der Waals surface area (Å²) in [7, 11) is 1.75. The van der Waals surface area contributed by atoms with Gasteiger partial charge in [0.15, 0.2) is 0 Å². The summed E-state index contributed by atoms with van der Waals surface area (Å²) in [5.74, 6) is 0.541. The molecule has 0 saturated heterocycles. The van der Waals surface area contributed by atoms with Crippen LogP contribution < -0.4 is 10.2 Å². The Labute approximate surface area is 128 Å². The smallest absolute Gasteiger partial charge is 0.258 e. The molecule has 2 heterocycles. The van der Waals surface area contributed by atoms with Gasteiger partial charge < -0.3 is 10.2 Å². The van der Waals surface area contributed by atoms with Crippen molar-refractivity contribution in [1.82, 2.24) is 4.98 Å². The first-order valence-corrected chi connectivity index (χ1v) is 7.24. The van der Waals surface area contributed by atoms with Crippen LogP contribution in [-0.2, 0) is 6.42 Å². The number of anilines is 2. The van der Waals surface area contributed by atoms with Gasteiger partial charge in [-0.3, -0.25) is 4.79 Å². The molecule has 0 fully saturated rings. The normalized spacial score (nSPS) is 16.7. The van der Waals surface area contributed by atoms with Crippen molar-refractivity contribution in [3.8, 4) is 0 Å². The second-order valence-corrected chi connectivity index (χ2v) is 5.56. The van der Waals surface area contributed by atoms with Crippen molar-refractivity contribution in [2.45, 2.75) is 19.4 Å². The average Bonchev–Trinajstić information content (AvgIpc) is 2.81. The Hall–Kier alpha value is -2.07. The van der Waals surface area contributed by atoms with Gasteiger partial charge in [-0.25, -0.2) is 4.98 Å². The average molecular weight is 302 g/mol. The minimum atomic E-state index is -0.0479. The molecule has 1 aromatic carbocycles. The van der Waals surface area contributed by atoms with Crippen LogP contribution in [0.5, 0.6) is 0 Å². The van der Waals surface area contributed by atoms with Gasteiger partial charge in [0.05, 0.1) is 0 Å². The first-order valence-electron chi connectivity index (χ1n) is 6.87. The van der Waals surface area contributed by atoms with E-state index in [4.69, 9.17) is 11.6 Å². The lowest BCUT2D eigenvalue weighted by molar-refractivity contribution is 0.0981. The maximum Gasteiger partial charge on any atom is 0.258 e. The maximum atomic E-state index is 12.9. The molecule has 4 nitrogen and oxygen atoms in total. The molecule has 0 spiro atoms. The SMILES string of the molecule is CNc1cc(C(=O)N2c3ccccc3CC2C)cc(Cl)n1. The third-order valence-corrected chi connectivity index (χ3v) is 3.92. The molecule has 1 amide bonds. The fourth-order valence-electron chi connectivity index (χ4n) is 2.76. The van der Waals surface area contributed by atoms with Crippen molar-refractivity contribution in [2.75, 3.05) is 17.3 Å². The minimum absolute atomic E-state index is 0.0479. The van der Waals surface area contributed by atoms with Crippen molar-refractivity contribution in [1.29, 1.82) is 0 Å². The van der Waals surface area contributed by atoms with Gasteiger partial charge in [0, 0.05) is 24.3 Å². The molecule has 0 radical (unpaired) electrons. The van der Waals surface area contributed by atoms with E-state index in [2.05, 4.69) is 23.3 Å². The minimum Gasteiger partial charge on any atom is -0.373 e. The van der Waals surface area contributed by atoms with Crippen LogP contribution in [0.2, 0.25) is 5.15 Å². The molecule has 2 aromatic rings. The van der Waals surface area contributed by atoms with Crippen molar-refractivity contribution in [2.24, 2.45) is 0 Å². The molecule has 21 heavy (non-hydrogen) atoms. The summed E-state index contributed by atoms with van der Waals surface area (Å²) < 4.78 is 0. The van der Waals surface area contributed by atoms with E-state index in [1.807, 2.05) is 23.1 Å². The molecule has 0 saturated carbocycles. The molecule has 1 aromatic heterocycles. The molecular weight excluding hydrogens is 286 g/mol. The number of para-hydroxylation sites is 1. The van der Waals surface area contributed by atoms with Gasteiger partial charge in [0.2, 0.25) is 0 Å². The summed E-state index contributed by atoms with van der Waals surface area (Å²) in [5, 5.41) is 3.23. The summed E-state index contributed by atoms with van der Waals surface area (Å²) >= 11 is 5.99. The first kappa shape index (κ1) is 13.9. The van der Waals surface area contributed by atoms with E-state index >= 15 is 0 Å². The summed E-state index contributed by atoms with van der Waals surface area (Å²) in [6.45, 7) is 2.06. The second-order valence-electron chi connectivity index (χ2n) is 5.17. The Bertz CT molecular complexity index is 702. The molecule has 1 atom stereocenters. The zero-order valence-electron chi connectivity index (χ0n) is 11.9. The van der Waals surface area contributed by atoms with Gasteiger partial charge in [0.25, 0.3) is 5.91 Å². The standard InChI is InChI=1S/C16H16ClN3O/c1-10-7-11-5-3-4-6-13(11)20(10)16(21)12-8-14(17)19-15(9-12)18-2/h3-6,8-10H,7H2,1-2H3,(H,18,19). The number of hydrogen-bond donors (Lipinski definition) is 1. The number of benzene rings is 1. The predicted octanol–water partition coefficient (Wildman–Crippen LogP) is 3.37. The Morgan fingerprint density at radius 1 is 1.38 bits per heavy atom. The number of pyridine rings is 1. The monoisotopic (exact) mass is 301 g/mol. The van der Waals surface area contributed by atoms with E-state index in [-0.39, 0.29) is 11.9 Å². The number of halogens is 1. The van der Waals surface area contributed by atoms with Gasteiger partial charge >= 0.3 is 0 Å². The van der Waals surface area contributed by atoms with Crippen LogP contribution in [-0.4, -0.2) is 24.0 Å². The quantitative estimate of drug-likeness (QED) is 0.865. The van der Waals surface area contributed by atoms with Crippen molar-refractivity contribution in [3.05, 3.63) is 52.7 Å². The largest absolute Gasteiger partial charge is 0.373 e. The number of amides is 1. The second kappa shape index (κ2) is 5.37. The summed E-state index contributed by atoms with van der Waals surface area (Å²) in [6, 6.07) is 11.5. The van der Waals surface area contributed by atoms with Gasteiger partial charge in [0.1, 0.15) is 11.0 Å². The molecule has 3 rings (SSSR count). The number of nitrogens with zero attached hydrogens (tertiary/aromatic N) is 2. The molecule has 1 N–H and O–H groups in total. The fourth-order valence-corrected chi connectivity index (χ4v) is 2.97. The van der Waals surface area contributed by atoms with Gasteiger partial charge in [-0.15, -0.1) is 0 Å². The van der Waals surface area contributed by atoms with Crippen LogP contribution in [0.4, 0.5) is 11.5 Å². The van der Waals surface area contributed by atoms with Crippen LogP contribution in [0.25, 0.3) is 0 Å².